The fourth-order valence-corrected chi connectivity index (χ4v) is 1.70. The number of hydrogen-bond donors (Lipinski definition) is 2. The van der Waals surface area contributed by atoms with Crippen LogP contribution in [0.4, 0.5) is 5.69 Å². The van der Waals surface area contributed by atoms with Crippen molar-refractivity contribution in [1.82, 2.24) is 0 Å². The van der Waals surface area contributed by atoms with E-state index in [0.29, 0.717) is 12.2 Å². The molecule has 0 saturated heterocycles. The van der Waals surface area contributed by atoms with E-state index >= 15 is 0 Å². The molecule has 0 aromatic heterocycles. The number of benzene rings is 1. The highest BCUT2D eigenvalue weighted by molar-refractivity contribution is 5.76. The molecule has 0 aliphatic carbocycles. The van der Waals surface area contributed by atoms with Crippen molar-refractivity contribution < 1.29 is 14.6 Å². The minimum absolute atomic E-state index is 0.587. The average Bonchev–Trinajstić information content (AvgIpc) is 2.28. The summed E-state index contributed by atoms with van der Waals surface area (Å²) in [6.45, 7) is 1.44. The lowest BCUT2D eigenvalue weighted by Crippen LogP contribution is -2.29. The van der Waals surface area contributed by atoms with Crippen molar-refractivity contribution in [3.8, 4) is 5.75 Å². The van der Waals surface area contributed by atoms with Crippen LogP contribution in [0.5, 0.6) is 5.75 Å². The molecule has 3 N–H and O–H groups in total. The van der Waals surface area contributed by atoms with Crippen molar-refractivity contribution in [2.75, 3.05) is 25.1 Å². The van der Waals surface area contributed by atoms with Crippen LogP contribution in [0.25, 0.3) is 0 Å². The molecule has 0 radical (unpaired) electrons. The van der Waals surface area contributed by atoms with Crippen molar-refractivity contribution >= 4 is 11.7 Å². The molecular weight excluding hydrogens is 208 g/mol. The van der Waals surface area contributed by atoms with Gasteiger partial charge in [0.25, 0.3) is 0 Å². The number of hydrogen-bond acceptors (Lipinski definition) is 4. The van der Waals surface area contributed by atoms with Crippen LogP contribution in [0.1, 0.15) is 11.6 Å². The Labute approximate surface area is 93.4 Å². The molecule has 0 bridgehead atoms. The Bertz CT molecular complexity index is 420. The topological polar surface area (TPSA) is 75.8 Å². The quantitative estimate of drug-likeness (QED) is 0.766. The lowest BCUT2D eigenvalue weighted by molar-refractivity contribution is -0.138. The zero-order valence-electron chi connectivity index (χ0n) is 9.01. The van der Waals surface area contributed by atoms with Crippen LogP contribution >= 0.6 is 0 Å². The van der Waals surface area contributed by atoms with Crippen LogP contribution in [-0.4, -0.2) is 31.3 Å². The predicted octanol–water partition coefficient (Wildman–Crippen LogP) is 0.600. The Morgan fingerprint density at radius 2 is 2.38 bits per heavy atom. The third-order valence-electron chi connectivity index (χ3n) is 2.70. The number of carboxylic acids is 1. The largest absolute Gasteiger partial charge is 0.490 e. The molecule has 1 unspecified atom stereocenters. The second-order valence-corrected chi connectivity index (χ2v) is 3.81. The summed E-state index contributed by atoms with van der Waals surface area (Å²) in [5.41, 5.74) is 7.03. The first-order valence-electron chi connectivity index (χ1n) is 5.06. The van der Waals surface area contributed by atoms with Crippen molar-refractivity contribution in [3.63, 3.8) is 0 Å². The van der Waals surface area contributed by atoms with Crippen molar-refractivity contribution in [2.24, 2.45) is 5.73 Å². The summed E-state index contributed by atoms with van der Waals surface area (Å²) in [5.74, 6) is -0.255. The second-order valence-electron chi connectivity index (χ2n) is 3.81. The van der Waals surface area contributed by atoms with Gasteiger partial charge in [-0.05, 0) is 17.7 Å². The van der Waals surface area contributed by atoms with Gasteiger partial charge in [-0.15, -0.1) is 0 Å². The Hall–Kier alpha value is -1.75. The Morgan fingerprint density at radius 3 is 3.06 bits per heavy atom. The second kappa shape index (κ2) is 4.02. The Morgan fingerprint density at radius 1 is 1.62 bits per heavy atom. The third kappa shape index (κ3) is 1.81. The van der Waals surface area contributed by atoms with Gasteiger partial charge in [-0.25, -0.2) is 0 Å². The van der Waals surface area contributed by atoms with E-state index in [1.165, 1.54) is 0 Å². The summed E-state index contributed by atoms with van der Waals surface area (Å²) >= 11 is 0. The van der Waals surface area contributed by atoms with Gasteiger partial charge in [-0.3, -0.25) is 4.79 Å². The van der Waals surface area contributed by atoms with Gasteiger partial charge in [-0.1, -0.05) is 6.07 Å². The zero-order valence-corrected chi connectivity index (χ0v) is 9.01. The van der Waals surface area contributed by atoms with E-state index in [1.807, 2.05) is 11.9 Å². The summed E-state index contributed by atoms with van der Waals surface area (Å²) in [6.07, 6.45) is 0. The van der Waals surface area contributed by atoms with Gasteiger partial charge in [0, 0.05) is 7.05 Å². The van der Waals surface area contributed by atoms with E-state index in [4.69, 9.17) is 15.6 Å². The molecule has 1 aromatic rings. The van der Waals surface area contributed by atoms with Gasteiger partial charge in [0.15, 0.2) is 0 Å². The summed E-state index contributed by atoms with van der Waals surface area (Å²) in [5, 5.41) is 8.84. The molecule has 1 aliphatic rings. The zero-order chi connectivity index (χ0) is 11.7. The van der Waals surface area contributed by atoms with E-state index in [-0.39, 0.29) is 0 Å². The maximum atomic E-state index is 10.8. The van der Waals surface area contributed by atoms with Crippen molar-refractivity contribution in [3.05, 3.63) is 23.8 Å². The molecule has 0 fully saturated rings. The summed E-state index contributed by atoms with van der Waals surface area (Å²) in [7, 11) is 1.94. The molecule has 1 aromatic carbocycles. The first kappa shape index (κ1) is 10.8. The molecule has 16 heavy (non-hydrogen) atoms. The number of nitrogens with zero attached hydrogens (tertiary/aromatic N) is 1. The molecule has 0 spiro atoms. The highest BCUT2D eigenvalue weighted by Gasteiger charge is 2.19. The maximum absolute atomic E-state index is 10.8. The van der Waals surface area contributed by atoms with E-state index in [2.05, 4.69) is 0 Å². The molecule has 1 aliphatic heterocycles. The number of likely N-dealkylation sites (N-methyl/N-ethyl adjacent to an activating group) is 1. The van der Waals surface area contributed by atoms with Crippen LogP contribution < -0.4 is 15.4 Å². The van der Waals surface area contributed by atoms with Gasteiger partial charge in [-0.2, -0.15) is 0 Å². The Kier molecular flexibility index (Phi) is 2.70. The number of carbonyl (C=O) groups is 1. The van der Waals surface area contributed by atoms with Crippen LogP contribution in [0.2, 0.25) is 0 Å². The van der Waals surface area contributed by atoms with E-state index < -0.39 is 12.0 Å². The predicted molar refractivity (Wildman–Crippen MR) is 59.8 cm³/mol. The smallest absolute Gasteiger partial charge is 0.325 e. The van der Waals surface area contributed by atoms with Crippen molar-refractivity contribution in [2.45, 2.75) is 6.04 Å². The number of nitrogens with two attached hydrogens (primary N) is 1. The fourth-order valence-electron chi connectivity index (χ4n) is 1.70. The van der Waals surface area contributed by atoms with Crippen LogP contribution in [-0.2, 0) is 4.79 Å². The van der Waals surface area contributed by atoms with E-state index in [9.17, 15) is 4.79 Å². The van der Waals surface area contributed by atoms with Crippen LogP contribution in [0, 0.1) is 0 Å². The van der Waals surface area contributed by atoms with Crippen LogP contribution in [0.3, 0.4) is 0 Å². The van der Waals surface area contributed by atoms with Gasteiger partial charge >= 0.3 is 5.97 Å². The first-order chi connectivity index (χ1) is 7.59. The highest BCUT2D eigenvalue weighted by atomic mass is 16.5. The van der Waals surface area contributed by atoms with Gasteiger partial charge < -0.3 is 20.5 Å². The molecule has 1 heterocycles. The standard InChI is InChI=1S/C11H14N2O3/c1-13-4-5-16-9-3-2-7(6-8(9)13)10(12)11(14)15/h2-3,6,10H,4-5,12H2,1H3,(H,14,15). The van der Waals surface area contributed by atoms with Crippen molar-refractivity contribution in [1.29, 1.82) is 0 Å². The van der Waals surface area contributed by atoms with Gasteiger partial charge in [0.1, 0.15) is 18.4 Å². The number of fused-ring (bicyclic) bond motifs is 1. The number of ether oxygens (including phenoxy) is 1. The minimum atomic E-state index is -1.03. The van der Waals surface area contributed by atoms with Crippen LogP contribution in [0.15, 0.2) is 18.2 Å². The Balaban J connectivity index is 2.37. The molecule has 2 rings (SSSR count). The van der Waals surface area contributed by atoms with E-state index in [0.717, 1.165) is 18.0 Å². The third-order valence-corrected chi connectivity index (χ3v) is 2.70. The summed E-state index contributed by atoms with van der Waals surface area (Å²) in [6, 6.07) is 4.24. The maximum Gasteiger partial charge on any atom is 0.325 e. The molecule has 5 heteroatoms. The summed E-state index contributed by atoms with van der Waals surface area (Å²) in [4.78, 5) is 12.8. The van der Waals surface area contributed by atoms with Gasteiger partial charge in [0.2, 0.25) is 0 Å². The monoisotopic (exact) mass is 222 g/mol. The highest BCUT2D eigenvalue weighted by Crippen LogP contribution is 2.32. The number of rotatable bonds is 2. The molecule has 0 amide bonds. The SMILES string of the molecule is CN1CCOc2ccc(C(N)C(=O)O)cc21. The first-order valence-corrected chi connectivity index (χ1v) is 5.06. The molecule has 5 nitrogen and oxygen atoms in total. The minimum Gasteiger partial charge on any atom is -0.490 e. The van der Waals surface area contributed by atoms with Gasteiger partial charge in [0.05, 0.1) is 12.2 Å². The number of aliphatic carboxylic acids is 1. The number of carboxylic acid groups (broad SMARTS) is 1. The molecule has 86 valence electrons. The molecule has 0 saturated carbocycles. The van der Waals surface area contributed by atoms with E-state index in [1.54, 1.807) is 18.2 Å². The average molecular weight is 222 g/mol. The number of anilines is 1. The molecule has 1 atom stereocenters. The lowest BCUT2D eigenvalue weighted by atomic mass is 10.1. The summed E-state index contributed by atoms with van der Waals surface area (Å²) < 4.78 is 5.46. The normalized spacial score (nSPS) is 16.2. The fraction of sp³-hybridized carbons (Fsp3) is 0.364. The lowest BCUT2D eigenvalue weighted by Gasteiger charge is -2.28. The molecular formula is C11H14N2O3.